The second-order valence-corrected chi connectivity index (χ2v) is 4.68. The predicted octanol–water partition coefficient (Wildman–Crippen LogP) is 3.68. The summed E-state index contributed by atoms with van der Waals surface area (Å²) in [6, 6.07) is 12.4. The van der Waals surface area contributed by atoms with Gasteiger partial charge in [0.2, 0.25) is 0 Å². The van der Waals surface area contributed by atoms with Crippen LogP contribution in [0.5, 0.6) is 0 Å². The summed E-state index contributed by atoms with van der Waals surface area (Å²) in [5.41, 5.74) is 3.37. The van der Waals surface area contributed by atoms with Crippen molar-refractivity contribution in [1.29, 1.82) is 0 Å². The van der Waals surface area contributed by atoms with Crippen molar-refractivity contribution in [2.75, 3.05) is 11.9 Å². The number of nitrogens with one attached hydrogen (secondary N) is 1. The van der Waals surface area contributed by atoms with Gasteiger partial charge in [-0.15, -0.1) is 11.3 Å². The summed E-state index contributed by atoms with van der Waals surface area (Å²) in [5, 5.41) is 5.51. The number of para-hydroxylation sites is 2. The van der Waals surface area contributed by atoms with E-state index in [9.17, 15) is 0 Å². The van der Waals surface area contributed by atoms with Gasteiger partial charge in [0, 0.05) is 17.8 Å². The molecule has 0 bridgehead atoms. The molecule has 2 heterocycles. The van der Waals surface area contributed by atoms with Crippen LogP contribution in [0.1, 0.15) is 11.3 Å². The summed E-state index contributed by atoms with van der Waals surface area (Å²) in [6.07, 6.45) is 0.981. The fraction of sp³-hybridized carbons (Fsp3) is 0.154. The van der Waals surface area contributed by atoms with Gasteiger partial charge in [-0.3, -0.25) is 0 Å². The Labute approximate surface area is 98.7 Å². The van der Waals surface area contributed by atoms with Gasteiger partial charge >= 0.3 is 0 Å². The minimum absolute atomic E-state index is 0.952. The summed E-state index contributed by atoms with van der Waals surface area (Å²) in [5.74, 6) is 0. The summed E-state index contributed by atoms with van der Waals surface area (Å²) in [4.78, 5) is 6.02. The molecule has 0 atom stereocenters. The van der Waals surface area contributed by atoms with Crippen LogP contribution in [-0.2, 0) is 0 Å². The van der Waals surface area contributed by atoms with Gasteiger partial charge in [0.1, 0.15) is 0 Å². The highest BCUT2D eigenvalue weighted by atomic mass is 32.1. The third-order valence-corrected chi connectivity index (χ3v) is 3.56. The van der Waals surface area contributed by atoms with E-state index < -0.39 is 0 Å². The zero-order valence-corrected chi connectivity index (χ0v) is 9.63. The Morgan fingerprint density at radius 3 is 2.94 bits per heavy atom. The molecule has 2 nitrogen and oxygen atoms in total. The smallest absolute Gasteiger partial charge is 0.0864 e. The van der Waals surface area contributed by atoms with E-state index in [1.165, 1.54) is 10.6 Å². The second-order valence-electron chi connectivity index (χ2n) is 3.73. The van der Waals surface area contributed by atoms with Gasteiger partial charge in [0.15, 0.2) is 0 Å². The second kappa shape index (κ2) is 4.10. The van der Waals surface area contributed by atoms with Crippen molar-refractivity contribution < 1.29 is 0 Å². The first-order chi connectivity index (χ1) is 7.93. The zero-order valence-electron chi connectivity index (χ0n) is 8.81. The Bertz CT molecular complexity index is 514. The number of nitrogens with zero attached hydrogens (tertiary/aromatic N) is 1. The SMILES string of the molecule is c1csc(C2=Nc3ccccc3NCC2)c1. The number of fused-ring (bicyclic) bond motifs is 1. The Balaban J connectivity index is 2.06. The molecule has 80 valence electrons. The van der Waals surface area contributed by atoms with Crippen molar-refractivity contribution in [3.8, 4) is 0 Å². The van der Waals surface area contributed by atoms with Gasteiger partial charge in [-0.2, -0.15) is 0 Å². The van der Waals surface area contributed by atoms with Gasteiger partial charge in [0.25, 0.3) is 0 Å². The van der Waals surface area contributed by atoms with Crippen LogP contribution in [0, 0.1) is 0 Å². The summed E-state index contributed by atoms with van der Waals surface area (Å²) in [7, 11) is 0. The number of benzene rings is 1. The van der Waals surface area contributed by atoms with Crippen molar-refractivity contribution in [3.63, 3.8) is 0 Å². The molecule has 0 aliphatic carbocycles. The van der Waals surface area contributed by atoms with Crippen LogP contribution in [0.3, 0.4) is 0 Å². The molecule has 0 saturated heterocycles. The van der Waals surface area contributed by atoms with E-state index >= 15 is 0 Å². The van der Waals surface area contributed by atoms with Crippen LogP contribution >= 0.6 is 11.3 Å². The Kier molecular flexibility index (Phi) is 2.46. The molecular formula is C13H12N2S. The molecule has 16 heavy (non-hydrogen) atoms. The Morgan fingerprint density at radius 1 is 1.12 bits per heavy atom. The Hall–Kier alpha value is -1.61. The largest absolute Gasteiger partial charge is 0.383 e. The molecule has 3 rings (SSSR count). The van der Waals surface area contributed by atoms with Crippen molar-refractivity contribution in [1.82, 2.24) is 0 Å². The normalized spacial score (nSPS) is 14.6. The first kappa shape index (κ1) is 9.60. The standard InChI is InChI=1S/C13H12N2S/c1-2-5-11-10(4-1)14-8-7-12(15-11)13-6-3-9-16-13/h1-6,9,14H,7-8H2. The summed E-state index contributed by atoms with van der Waals surface area (Å²) >= 11 is 1.75. The van der Waals surface area contributed by atoms with E-state index in [0.29, 0.717) is 0 Å². The highest BCUT2D eigenvalue weighted by molar-refractivity contribution is 7.12. The van der Waals surface area contributed by atoms with Crippen LogP contribution in [0.2, 0.25) is 0 Å². The van der Waals surface area contributed by atoms with E-state index in [4.69, 9.17) is 4.99 Å². The monoisotopic (exact) mass is 228 g/mol. The molecular weight excluding hydrogens is 216 g/mol. The highest BCUT2D eigenvalue weighted by Gasteiger charge is 2.10. The number of thiophene rings is 1. The van der Waals surface area contributed by atoms with E-state index in [-0.39, 0.29) is 0 Å². The molecule has 0 saturated carbocycles. The fourth-order valence-corrected chi connectivity index (χ4v) is 2.60. The molecule has 1 aromatic carbocycles. The zero-order chi connectivity index (χ0) is 10.8. The molecule has 2 aromatic rings. The van der Waals surface area contributed by atoms with Crippen molar-refractivity contribution in [2.24, 2.45) is 4.99 Å². The van der Waals surface area contributed by atoms with Gasteiger partial charge in [-0.25, -0.2) is 4.99 Å². The van der Waals surface area contributed by atoms with E-state index in [0.717, 1.165) is 24.3 Å². The molecule has 1 N–H and O–H groups in total. The topological polar surface area (TPSA) is 24.4 Å². The first-order valence-electron chi connectivity index (χ1n) is 5.38. The van der Waals surface area contributed by atoms with Crippen LogP contribution in [0.25, 0.3) is 0 Å². The minimum atomic E-state index is 0.952. The maximum Gasteiger partial charge on any atom is 0.0864 e. The predicted molar refractivity (Wildman–Crippen MR) is 70.1 cm³/mol. The average molecular weight is 228 g/mol. The van der Waals surface area contributed by atoms with Crippen LogP contribution in [0.15, 0.2) is 46.8 Å². The molecule has 0 radical (unpaired) electrons. The molecule has 0 fully saturated rings. The third-order valence-electron chi connectivity index (χ3n) is 2.64. The fourth-order valence-electron chi connectivity index (χ4n) is 1.86. The lowest BCUT2D eigenvalue weighted by Crippen LogP contribution is -2.05. The van der Waals surface area contributed by atoms with Crippen LogP contribution in [0.4, 0.5) is 11.4 Å². The highest BCUT2D eigenvalue weighted by Crippen LogP contribution is 2.28. The molecule has 1 aliphatic heterocycles. The maximum absolute atomic E-state index is 4.75. The van der Waals surface area contributed by atoms with Gasteiger partial charge in [-0.1, -0.05) is 18.2 Å². The van der Waals surface area contributed by atoms with Crippen molar-refractivity contribution in [2.45, 2.75) is 6.42 Å². The average Bonchev–Trinajstić information content (AvgIpc) is 2.75. The minimum Gasteiger partial charge on any atom is -0.383 e. The number of rotatable bonds is 1. The lowest BCUT2D eigenvalue weighted by Gasteiger charge is -2.03. The third kappa shape index (κ3) is 1.74. The van der Waals surface area contributed by atoms with E-state index in [1.54, 1.807) is 11.3 Å². The molecule has 0 spiro atoms. The summed E-state index contributed by atoms with van der Waals surface area (Å²) < 4.78 is 0. The molecule has 1 aromatic heterocycles. The quantitative estimate of drug-likeness (QED) is 0.791. The molecule has 0 unspecified atom stereocenters. The number of hydrogen-bond acceptors (Lipinski definition) is 3. The van der Waals surface area contributed by atoms with E-state index in [2.05, 4.69) is 35.0 Å². The van der Waals surface area contributed by atoms with Crippen LogP contribution < -0.4 is 5.32 Å². The van der Waals surface area contributed by atoms with E-state index in [1.807, 2.05) is 12.1 Å². The molecule has 3 heteroatoms. The van der Waals surface area contributed by atoms with Gasteiger partial charge in [-0.05, 0) is 23.6 Å². The Morgan fingerprint density at radius 2 is 2.06 bits per heavy atom. The molecule has 0 amide bonds. The van der Waals surface area contributed by atoms with Crippen LogP contribution in [-0.4, -0.2) is 12.3 Å². The van der Waals surface area contributed by atoms with Gasteiger partial charge < -0.3 is 5.32 Å². The van der Waals surface area contributed by atoms with Crippen molar-refractivity contribution >= 4 is 28.4 Å². The lowest BCUT2D eigenvalue weighted by molar-refractivity contribution is 1.12. The number of aliphatic imine (C=N–C) groups is 1. The first-order valence-corrected chi connectivity index (χ1v) is 6.26. The molecule has 1 aliphatic rings. The summed E-state index contributed by atoms with van der Waals surface area (Å²) in [6.45, 7) is 0.952. The van der Waals surface area contributed by atoms with Crippen molar-refractivity contribution in [3.05, 3.63) is 46.7 Å². The number of anilines is 1. The van der Waals surface area contributed by atoms with Gasteiger partial charge in [0.05, 0.1) is 17.1 Å². The lowest BCUT2D eigenvalue weighted by atomic mass is 10.2. The number of hydrogen-bond donors (Lipinski definition) is 1. The maximum atomic E-state index is 4.75.